The van der Waals surface area contributed by atoms with Crippen LogP contribution in [0.3, 0.4) is 0 Å². The number of aliphatic carboxylic acids is 1. The van der Waals surface area contributed by atoms with Gasteiger partial charge in [0.2, 0.25) is 0 Å². The molecular formula is C14H25NO6. The maximum atomic E-state index is 11.5. The molecule has 7 nitrogen and oxygen atoms in total. The lowest BCUT2D eigenvalue weighted by molar-refractivity contribution is -0.144. The Morgan fingerprint density at radius 3 is 2.33 bits per heavy atom. The van der Waals surface area contributed by atoms with Gasteiger partial charge in [0.1, 0.15) is 11.6 Å². The summed E-state index contributed by atoms with van der Waals surface area (Å²) in [6, 6.07) is -1.18. The normalized spacial score (nSPS) is 12.4. The third kappa shape index (κ3) is 10.6. The molecule has 0 bridgehead atoms. The molecule has 1 amide bonds. The van der Waals surface area contributed by atoms with E-state index in [4.69, 9.17) is 14.6 Å². The third-order valence-electron chi connectivity index (χ3n) is 2.39. The Morgan fingerprint density at radius 2 is 1.86 bits per heavy atom. The van der Waals surface area contributed by atoms with Crippen LogP contribution in [0, 0.1) is 0 Å². The molecule has 2 N–H and O–H groups in total. The van der Waals surface area contributed by atoms with Gasteiger partial charge in [0.25, 0.3) is 0 Å². The average molecular weight is 303 g/mol. The summed E-state index contributed by atoms with van der Waals surface area (Å²) in [5.41, 5.74) is -0.716. The van der Waals surface area contributed by atoms with Crippen LogP contribution in [0.1, 0.15) is 53.4 Å². The summed E-state index contributed by atoms with van der Waals surface area (Å²) in [6.07, 6.45) is 0.736. The Morgan fingerprint density at radius 1 is 1.24 bits per heavy atom. The molecule has 0 heterocycles. The molecule has 0 aromatic rings. The SMILES string of the molecule is CCCCOC(=O)CC[C@H](NC(=O)OC(C)(C)C)C(=O)O. The second-order valence-corrected chi connectivity index (χ2v) is 5.65. The van der Waals surface area contributed by atoms with Crippen LogP contribution in [0.5, 0.6) is 0 Å². The number of hydrogen-bond donors (Lipinski definition) is 2. The van der Waals surface area contributed by atoms with Crippen molar-refractivity contribution in [2.75, 3.05) is 6.61 Å². The summed E-state index contributed by atoms with van der Waals surface area (Å²) in [7, 11) is 0. The van der Waals surface area contributed by atoms with Gasteiger partial charge in [-0.25, -0.2) is 9.59 Å². The fourth-order valence-corrected chi connectivity index (χ4v) is 1.37. The van der Waals surface area contributed by atoms with Gasteiger partial charge < -0.3 is 19.9 Å². The van der Waals surface area contributed by atoms with Crippen LogP contribution < -0.4 is 5.32 Å². The van der Waals surface area contributed by atoms with Crippen LogP contribution in [0.2, 0.25) is 0 Å². The van der Waals surface area contributed by atoms with Gasteiger partial charge in [-0.15, -0.1) is 0 Å². The third-order valence-corrected chi connectivity index (χ3v) is 2.39. The molecule has 7 heteroatoms. The molecule has 0 fully saturated rings. The molecule has 0 rings (SSSR count). The second kappa shape index (κ2) is 9.20. The number of carboxylic acids is 1. The maximum absolute atomic E-state index is 11.5. The number of alkyl carbamates (subject to hydrolysis) is 1. The highest BCUT2D eigenvalue weighted by Gasteiger charge is 2.24. The van der Waals surface area contributed by atoms with Gasteiger partial charge in [-0.3, -0.25) is 4.79 Å². The van der Waals surface area contributed by atoms with Crippen LogP contribution >= 0.6 is 0 Å². The van der Waals surface area contributed by atoms with Crippen molar-refractivity contribution in [2.24, 2.45) is 0 Å². The Bertz CT molecular complexity index is 361. The van der Waals surface area contributed by atoms with Crippen LogP contribution in [-0.2, 0) is 19.1 Å². The number of esters is 1. The van der Waals surface area contributed by atoms with E-state index in [9.17, 15) is 14.4 Å². The number of carbonyl (C=O) groups excluding carboxylic acids is 2. The molecule has 0 aromatic carbocycles. The maximum Gasteiger partial charge on any atom is 0.408 e. The van der Waals surface area contributed by atoms with Crippen LogP contribution in [0.4, 0.5) is 4.79 Å². The van der Waals surface area contributed by atoms with E-state index in [1.54, 1.807) is 20.8 Å². The molecule has 0 saturated carbocycles. The first-order valence-electron chi connectivity index (χ1n) is 7.03. The Kier molecular flexibility index (Phi) is 8.42. The fourth-order valence-electron chi connectivity index (χ4n) is 1.37. The van der Waals surface area contributed by atoms with Gasteiger partial charge in [-0.05, 0) is 33.6 Å². The smallest absolute Gasteiger partial charge is 0.408 e. The first-order valence-corrected chi connectivity index (χ1v) is 7.03. The van der Waals surface area contributed by atoms with Gasteiger partial charge in [0.05, 0.1) is 6.61 Å². The zero-order valence-electron chi connectivity index (χ0n) is 13.1. The summed E-state index contributed by atoms with van der Waals surface area (Å²) in [4.78, 5) is 34.0. The molecule has 0 aromatic heterocycles. The number of ether oxygens (including phenoxy) is 2. The zero-order chi connectivity index (χ0) is 16.5. The van der Waals surface area contributed by atoms with Gasteiger partial charge in [-0.1, -0.05) is 13.3 Å². The van der Waals surface area contributed by atoms with E-state index in [0.717, 1.165) is 12.8 Å². The van der Waals surface area contributed by atoms with Gasteiger partial charge in [-0.2, -0.15) is 0 Å². The van der Waals surface area contributed by atoms with Crippen molar-refractivity contribution in [3.63, 3.8) is 0 Å². The van der Waals surface area contributed by atoms with Gasteiger partial charge >= 0.3 is 18.0 Å². The van der Waals surface area contributed by atoms with E-state index in [2.05, 4.69) is 5.32 Å². The van der Waals surface area contributed by atoms with E-state index in [0.29, 0.717) is 6.61 Å². The second-order valence-electron chi connectivity index (χ2n) is 5.65. The molecular weight excluding hydrogens is 278 g/mol. The lowest BCUT2D eigenvalue weighted by Crippen LogP contribution is -2.43. The van der Waals surface area contributed by atoms with E-state index in [1.807, 2.05) is 6.92 Å². The van der Waals surface area contributed by atoms with E-state index < -0.39 is 29.7 Å². The van der Waals surface area contributed by atoms with Gasteiger partial charge in [0, 0.05) is 6.42 Å². The summed E-state index contributed by atoms with van der Waals surface area (Å²) in [6.45, 7) is 7.32. The molecule has 122 valence electrons. The molecule has 1 atom stereocenters. The van der Waals surface area contributed by atoms with E-state index in [1.165, 1.54) is 0 Å². The Labute approximate surface area is 125 Å². The molecule has 0 aliphatic heterocycles. The molecule has 0 spiro atoms. The molecule has 0 radical (unpaired) electrons. The minimum atomic E-state index is -1.22. The number of rotatable bonds is 8. The summed E-state index contributed by atoms with van der Waals surface area (Å²) >= 11 is 0. The topological polar surface area (TPSA) is 102 Å². The quantitative estimate of drug-likeness (QED) is 0.526. The predicted octanol–water partition coefficient (Wildman–Crippen LogP) is 2.09. The van der Waals surface area contributed by atoms with Gasteiger partial charge in [0.15, 0.2) is 0 Å². The lowest BCUT2D eigenvalue weighted by atomic mass is 10.1. The molecule has 0 unspecified atom stereocenters. The largest absolute Gasteiger partial charge is 0.480 e. The molecule has 0 aliphatic carbocycles. The Balaban J connectivity index is 4.23. The summed E-state index contributed by atoms with van der Waals surface area (Å²) < 4.78 is 9.90. The van der Waals surface area contributed by atoms with Crippen molar-refractivity contribution in [2.45, 2.75) is 65.0 Å². The average Bonchev–Trinajstić information content (AvgIpc) is 2.32. The van der Waals surface area contributed by atoms with Crippen molar-refractivity contribution in [3.05, 3.63) is 0 Å². The van der Waals surface area contributed by atoms with Crippen LogP contribution in [-0.4, -0.2) is 41.4 Å². The zero-order valence-corrected chi connectivity index (χ0v) is 13.1. The minimum Gasteiger partial charge on any atom is -0.480 e. The van der Waals surface area contributed by atoms with E-state index >= 15 is 0 Å². The number of hydrogen-bond acceptors (Lipinski definition) is 5. The number of carbonyl (C=O) groups is 3. The molecule has 21 heavy (non-hydrogen) atoms. The number of carboxylic acid groups (broad SMARTS) is 1. The van der Waals surface area contributed by atoms with Crippen molar-refractivity contribution in [1.29, 1.82) is 0 Å². The highest BCUT2D eigenvalue weighted by Crippen LogP contribution is 2.08. The summed E-state index contributed by atoms with van der Waals surface area (Å²) in [5, 5.41) is 11.3. The monoisotopic (exact) mass is 303 g/mol. The van der Waals surface area contributed by atoms with Crippen molar-refractivity contribution in [3.8, 4) is 0 Å². The highest BCUT2D eigenvalue weighted by molar-refractivity contribution is 5.80. The minimum absolute atomic E-state index is 0.0421. The van der Waals surface area contributed by atoms with E-state index in [-0.39, 0.29) is 12.8 Å². The summed E-state index contributed by atoms with van der Waals surface area (Å²) in [5.74, 6) is -1.69. The predicted molar refractivity (Wildman–Crippen MR) is 75.9 cm³/mol. The molecule has 0 saturated heterocycles. The lowest BCUT2D eigenvalue weighted by Gasteiger charge is -2.21. The van der Waals surface area contributed by atoms with Crippen LogP contribution in [0.25, 0.3) is 0 Å². The highest BCUT2D eigenvalue weighted by atomic mass is 16.6. The molecule has 0 aliphatic rings. The van der Waals surface area contributed by atoms with Crippen LogP contribution in [0.15, 0.2) is 0 Å². The number of nitrogens with one attached hydrogen (secondary N) is 1. The van der Waals surface area contributed by atoms with Crippen molar-refractivity contribution < 1.29 is 29.0 Å². The number of unbranched alkanes of at least 4 members (excludes halogenated alkanes) is 1. The first-order chi connectivity index (χ1) is 9.65. The Hall–Kier alpha value is -1.79. The number of amides is 1. The first kappa shape index (κ1) is 19.2. The van der Waals surface area contributed by atoms with Crippen molar-refractivity contribution >= 4 is 18.0 Å². The fraction of sp³-hybridized carbons (Fsp3) is 0.786. The standard InChI is InChI=1S/C14H25NO6/c1-5-6-9-20-11(16)8-7-10(12(17)18)15-13(19)21-14(2,3)4/h10H,5-9H2,1-4H3,(H,15,19)(H,17,18)/t10-/m0/s1. The van der Waals surface area contributed by atoms with Crippen molar-refractivity contribution in [1.82, 2.24) is 5.32 Å².